The topological polar surface area (TPSA) is 58.3 Å². The molecule has 0 unspecified atom stereocenters. The fraction of sp³-hybridized carbons (Fsp3) is 0.0556. The Bertz CT molecular complexity index is 897. The largest absolute Gasteiger partial charge is 0.508 e. The molecule has 0 radical (unpaired) electrons. The van der Waals surface area contributed by atoms with Crippen molar-refractivity contribution in [2.45, 2.75) is 0 Å². The Balaban J connectivity index is 1.74. The summed E-state index contributed by atoms with van der Waals surface area (Å²) in [5.41, 5.74) is 1.10. The van der Waals surface area contributed by atoms with Gasteiger partial charge in [0.15, 0.2) is 0 Å². The molecular formula is C18H15FN2O2. The van der Waals surface area contributed by atoms with E-state index in [1.165, 1.54) is 0 Å². The third-order valence-electron chi connectivity index (χ3n) is 3.30. The van der Waals surface area contributed by atoms with E-state index in [1.54, 1.807) is 61.7 Å². The van der Waals surface area contributed by atoms with Crippen molar-refractivity contribution in [2.24, 2.45) is 0 Å². The van der Waals surface area contributed by atoms with Crippen LogP contribution in [-0.2, 0) is 0 Å². The minimum Gasteiger partial charge on any atom is -0.508 e. The lowest BCUT2D eigenvalue weighted by Crippen LogP contribution is -1.95. The van der Waals surface area contributed by atoms with Crippen molar-refractivity contribution in [1.82, 2.24) is 4.98 Å². The first-order valence-corrected chi connectivity index (χ1v) is 7.07. The van der Waals surface area contributed by atoms with Gasteiger partial charge in [-0.25, -0.2) is 4.98 Å². The first-order chi connectivity index (χ1) is 11.2. The van der Waals surface area contributed by atoms with E-state index in [0.29, 0.717) is 22.7 Å². The number of nitrogens with zero attached hydrogens (tertiary/aromatic N) is 1. The zero-order chi connectivity index (χ0) is 16.2. The van der Waals surface area contributed by atoms with Crippen LogP contribution in [0.1, 0.15) is 11.3 Å². The maximum absolute atomic E-state index is 13.7. The Kier molecular flexibility index (Phi) is 4.10. The second kappa shape index (κ2) is 6.36. The van der Waals surface area contributed by atoms with Gasteiger partial charge in [-0.1, -0.05) is 18.2 Å². The number of anilines is 1. The van der Waals surface area contributed by atoms with Crippen LogP contribution in [0, 0.1) is 5.95 Å². The van der Waals surface area contributed by atoms with Crippen LogP contribution < -0.4 is 5.32 Å². The summed E-state index contributed by atoms with van der Waals surface area (Å²) < 4.78 is 19.3. The molecule has 3 aromatic rings. The average Bonchev–Trinajstić information content (AvgIpc) is 2.94. The molecule has 0 saturated carbocycles. The Morgan fingerprint density at radius 3 is 2.74 bits per heavy atom. The molecule has 3 rings (SSSR count). The van der Waals surface area contributed by atoms with Gasteiger partial charge in [0.25, 0.3) is 0 Å². The highest BCUT2D eigenvalue weighted by molar-refractivity contribution is 5.81. The summed E-state index contributed by atoms with van der Waals surface area (Å²) in [5.74, 6) is 0.808. The normalized spacial score (nSPS) is 11.7. The summed E-state index contributed by atoms with van der Waals surface area (Å²) in [5, 5.41) is 13.0. The molecule has 0 spiro atoms. The van der Waals surface area contributed by atoms with E-state index in [4.69, 9.17) is 4.42 Å². The van der Waals surface area contributed by atoms with Crippen LogP contribution in [-0.4, -0.2) is 17.1 Å². The molecule has 1 aromatic carbocycles. The second-order valence-electron chi connectivity index (χ2n) is 4.92. The lowest BCUT2D eigenvalue weighted by atomic mass is 10.2. The first kappa shape index (κ1) is 14.8. The van der Waals surface area contributed by atoms with E-state index < -0.39 is 5.95 Å². The molecule has 23 heavy (non-hydrogen) atoms. The summed E-state index contributed by atoms with van der Waals surface area (Å²) >= 11 is 0. The summed E-state index contributed by atoms with van der Waals surface area (Å²) in [6.07, 6.45) is 6.86. The zero-order valence-electron chi connectivity index (χ0n) is 12.5. The third-order valence-corrected chi connectivity index (χ3v) is 3.30. The molecule has 0 aliphatic heterocycles. The fourth-order valence-electron chi connectivity index (χ4n) is 2.15. The summed E-state index contributed by atoms with van der Waals surface area (Å²) in [6.45, 7) is 0. The van der Waals surface area contributed by atoms with E-state index in [2.05, 4.69) is 10.3 Å². The number of halogens is 1. The molecule has 0 aliphatic rings. The van der Waals surface area contributed by atoms with Crippen LogP contribution in [0.4, 0.5) is 10.2 Å². The van der Waals surface area contributed by atoms with Crippen LogP contribution in [0.25, 0.3) is 23.1 Å². The van der Waals surface area contributed by atoms with Crippen molar-refractivity contribution in [3.8, 4) is 5.75 Å². The highest BCUT2D eigenvalue weighted by atomic mass is 18.2. The van der Waals surface area contributed by atoms with Gasteiger partial charge >= 0.3 is 0 Å². The van der Waals surface area contributed by atoms with Gasteiger partial charge in [0.1, 0.15) is 22.9 Å². The average molecular weight is 309 g/mol. The number of rotatable bonds is 4. The number of aromatic hydroxyl groups is 1. The summed E-state index contributed by atoms with van der Waals surface area (Å²) in [6, 6.07) is 10.1. The van der Waals surface area contributed by atoms with Gasteiger partial charge < -0.3 is 14.8 Å². The second-order valence-corrected chi connectivity index (χ2v) is 4.92. The van der Waals surface area contributed by atoms with Crippen molar-refractivity contribution < 1.29 is 13.9 Å². The van der Waals surface area contributed by atoms with Crippen LogP contribution >= 0.6 is 0 Å². The van der Waals surface area contributed by atoms with Crippen LogP contribution in [0.2, 0.25) is 0 Å². The number of nitrogens with one attached hydrogen (secondary N) is 1. The number of phenolic OH excluding ortho intramolecular Hbond substituents is 1. The van der Waals surface area contributed by atoms with Crippen LogP contribution in [0.15, 0.2) is 53.0 Å². The number of benzene rings is 1. The van der Waals surface area contributed by atoms with E-state index >= 15 is 0 Å². The molecule has 5 heteroatoms. The Hall–Kier alpha value is -3.08. The quantitative estimate of drug-likeness (QED) is 0.552. The van der Waals surface area contributed by atoms with Crippen molar-refractivity contribution in [3.05, 3.63) is 65.8 Å². The van der Waals surface area contributed by atoms with E-state index in [-0.39, 0.29) is 5.75 Å². The van der Waals surface area contributed by atoms with Crippen molar-refractivity contribution in [2.75, 3.05) is 12.4 Å². The SMILES string of the molecule is CNc1ccc(/C=C/C=C/c2cc3cc(O)ccc3o2)c([18F])n1. The highest BCUT2D eigenvalue weighted by Gasteiger charge is 2.02. The van der Waals surface area contributed by atoms with Crippen LogP contribution in [0.3, 0.4) is 0 Å². The lowest BCUT2D eigenvalue weighted by Gasteiger charge is -2.00. The minimum absolute atomic E-state index is 0.196. The molecule has 2 aromatic heterocycles. The molecule has 0 fully saturated rings. The monoisotopic (exact) mass is 309 g/mol. The minimum atomic E-state index is -0.527. The molecule has 0 amide bonds. The molecule has 0 saturated heterocycles. The number of pyridine rings is 1. The lowest BCUT2D eigenvalue weighted by molar-refractivity contribution is 0.476. The number of hydrogen-bond donors (Lipinski definition) is 2. The highest BCUT2D eigenvalue weighted by Crippen LogP contribution is 2.24. The molecule has 2 N–H and O–H groups in total. The molecule has 0 aliphatic carbocycles. The Labute approximate surface area is 132 Å². The van der Waals surface area contributed by atoms with Gasteiger partial charge in [-0.15, -0.1) is 0 Å². The number of hydrogen-bond acceptors (Lipinski definition) is 4. The number of fused-ring (bicyclic) bond motifs is 1. The maximum Gasteiger partial charge on any atom is 0.222 e. The van der Waals surface area contributed by atoms with Crippen molar-refractivity contribution >= 4 is 28.9 Å². The number of furan rings is 1. The van der Waals surface area contributed by atoms with E-state index in [1.807, 2.05) is 6.07 Å². The summed E-state index contributed by atoms with van der Waals surface area (Å²) in [4.78, 5) is 3.77. The van der Waals surface area contributed by atoms with E-state index in [0.717, 1.165) is 5.39 Å². The van der Waals surface area contributed by atoms with Gasteiger partial charge in [0.2, 0.25) is 5.95 Å². The van der Waals surface area contributed by atoms with Crippen molar-refractivity contribution in [3.63, 3.8) is 0 Å². The van der Waals surface area contributed by atoms with Gasteiger partial charge in [-0.05, 0) is 42.5 Å². The van der Waals surface area contributed by atoms with Gasteiger partial charge in [-0.3, -0.25) is 0 Å². The van der Waals surface area contributed by atoms with Gasteiger partial charge in [-0.2, -0.15) is 4.39 Å². The number of allylic oxidation sites excluding steroid dienone is 2. The predicted molar refractivity (Wildman–Crippen MR) is 89.7 cm³/mol. The molecule has 2 heterocycles. The van der Waals surface area contributed by atoms with Crippen molar-refractivity contribution in [1.29, 1.82) is 0 Å². The first-order valence-electron chi connectivity index (χ1n) is 7.07. The molecule has 4 nitrogen and oxygen atoms in total. The number of phenols is 1. The van der Waals surface area contributed by atoms with E-state index in [9.17, 15) is 9.50 Å². The summed E-state index contributed by atoms with van der Waals surface area (Å²) in [7, 11) is 1.69. The van der Waals surface area contributed by atoms with Crippen LogP contribution in [0.5, 0.6) is 5.75 Å². The van der Waals surface area contributed by atoms with Gasteiger partial charge in [0.05, 0.1) is 0 Å². The third kappa shape index (κ3) is 3.40. The standard InChI is InChI=1S/C18H15FN2O2/c1-20-17-9-6-12(18(19)21-17)4-2-3-5-15-11-13-10-14(22)7-8-16(13)23-15/h2-11,22H,1H3,(H,20,21)/b4-2+,5-3+/i19-1. The molecule has 0 bridgehead atoms. The zero-order valence-corrected chi connectivity index (χ0v) is 12.5. The molecule has 116 valence electrons. The molecule has 0 atom stereocenters. The smallest absolute Gasteiger partial charge is 0.222 e. The number of aromatic nitrogens is 1. The maximum atomic E-state index is 13.7. The molecular weight excluding hydrogens is 294 g/mol. The Morgan fingerprint density at radius 2 is 1.96 bits per heavy atom. The predicted octanol–water partition coefficient (Wildman–Crippen LogP) is 4.44. The van der Waals surface area contributed by atoms with Gasteiger partial charge in [0, 0.05) is 18.0 Å². The Morgan fingerprint density at radius 1 is 1.13 bits per heavy atom. The fourth-order valence-corrected chi connectivity index (χ4v) is 2.15.